The molecule has 3 aliphatic heterocycles. The van der Waals surface area contributed by atoms with Crippen LogP contribution in [0.1, 0.15) is 27.2 Å². The molecule has 5 rings (SSSR count). The third-order valence-corrected chi connectivity index (χ3v) is 9.22. The summed E-state index contributed by atoms with van der Waals surface area (Å²) in [6.45, 7) is 7.98. The Kier molecular flexibility index (Phi) is 8.58. The standard InChI is InChI=1S/C30H37BrN4O6/c1-4-34(5-2)20-11-7-18(8-12-20)33-28(38)26-30-17-22(31)25(41-30)23(24(30)29(39)35(26)15-16-36)27(37)32-19-9-13-21(14-10-19)40-6-3/h7-14,22-26,36H,4-6,15-17H2,1-3H3,(H,32,37)(H,33,38)/t22?,23-,24-,25-,26?,30?/m0/s1. The first-order valence-corrected chi connectivity index (χ1v) is 15.1. The second-order valence-electron chi connectivity index (χ2n) is 10.6. The predicted molar refractivity (Wildman–Crippen MR) is 159 cm³/mol. The molecule has 6 atom stereocenters. The van der Waals surface area contributed by atoms with Gasteiger partial charge in [-0.05, 0) is 75.7 Å². The molecule has 3 amide bonds. The quantitative estimate of drug-likeness (QED) is 0.327. The molecule has 11 heteroatoms. The zero-order valence-electron chi connectivity index (χ0n) is 23.5. The number of alkyl halides is 1. The van der Waals surface area contributed by atoms with Gasteiger partial charge >= 0.3 is 0 Å². The molecule has 3 fully saturated rings. The first kappa shape index (κ1) is 29.3. The van der Waals surface area contributed by atoms with Crippen LogP contribution in [0.15, 0.2) is 48.5 Å². The van der Waals surface area contributed by atoms with Crippen LogP contribution in [0.4, 0.5) is 17.1 Å². The van der Waals surface area contributed by atoms with Gasteiger partial charge in [0, 0.05) is 41.5 Å². The molecule has 0 aliphatic carbocycles. The number of likely N-dealkylation sites (tertiary alicyclic amines) is 1. The van der Waals surface area contributed by atoms with E-state index in [1.165, 1.54) is 4.90 Å². The average Bonchev–Trinajstić information content (AvgIpc) is 3.55. The van der Waals surface area contributed by atoms with Gasteiger partial charge in [-0.1, -0.05) is 15.9 Å². The maximum absolute atomic E-state index is 13.9. The van der Waals surface area contributed by atoms with Crippen LogP contribution in [0, 0.1) is 11.8 Å². The largest absolute Gasteiger partial charge is 0.494 e. The van der Waals surface area contributed by atoms with E-state index in [-0.39, 0.29) is 29.8 Å². The number of fused-ring (bicyclic) bond motifs is 1. The summed E-state index contributed by atoms with van der Waals surface area (Å²) in [5.74, 6) is -2.07. The van der Waals surface area contributed by atoms with Crippen molar-refractivity contribution in [2.24, 2.45) is 11.8 Å². The lowest BCUT2D eigenvalue weighted by Gasteiger charge is -2.34. The number of nitrogens with zero attached hydrogens (tertiary/aromatic N) is 2. The molecular formula is C30H37BrN4O6. The minimum Gasteiger partial charge on any atom is -0.494 e. The van der Waals surface area contributed by atoms with Crippen LogP contribution in [-0.2, 0) is 19.1 Å². The van der Waals surface area contributed by atoms with E-state index in [9.17, 15) is 19.5 Å². The minimum atomic E-state index is -1.20. The zero-order valence-corrected chi connectivity index (χ0v) is 25.1. The average molecular weight is 630 g/mol. The summed E-state index contributed by atoms with van der Waals surface area (Å²) in [6, 6.07) is 13.6. The topological polar surface area (TPSA) is 120 Å². The molecule has 3 saturated heterocycles. The van der Waals surface area contributed by atoms with Crippen molar-refractivity contribution in [3.63, 3.8) is 0 Å². The van der Waals surface area contributed by atoms with Crippen LogP contribution in [0.3, 0.4) is 0 Å². The lowest BCUT2D eigenvalue weighted by molar-refractivity contribution is -0.140. The number of hydrogen-bond acceptors (Lipinski definition) is 7. The summed E-state index contributed by atoms with van der Waals surface area (Å²) in [4.78, 5) is 44.7. The fourth-order valence-electron chi connectivity index (χ4n) is 6.66. The predicted octanol–water partition coefficient (Wildman–Crippen LogP) is 3.25. The molecule has 2 aromatic rings. The van der Waals surface area contributed by atoms with E-state index in [2.05, 4.69) is 45.3 Å². The Morgan fingerprint density at radius 2 is 1.66 bits per heavy atom. The zero-order chi connectivity index (χ0) is 29.3. The Hall–Kier alpha value is -3.15. The molecule has 1 spiro atoms. The number of carbonyl (C=O) groups excluding carboxylic acids is 3. The van der Waals surface area contributed by atoms with E-state index in [4.69, 9.17) is 9.47 Å². The number of aliphatic hydroxyl groups is 1. The number of rotatable bonds is 11. The third-order valence-electron chi connectivity index (χ3n) is 8.38. The van der Waals surface area contributed by atoms with Gasteiger partial charge in [-0.2, -0.15) is 0 Å². The molecule has 0 radical (unpaired) electrons. The lowest BCUT2D eigenvalue weighted by atomic mass is 9.70. The van der Waals surface area contributed by atoms with Gasteiger partial charge < -0.3 is 35.0 Å². The molecule has 0 aromatic heterocycles. The molecule has 0 saturated carbocycles. The number of amides is 3. The summed E-state index contributed by atoms with van der Waals surface area (Å²) in [6.07, 6.45) is -0.187. The van der Waals surface area contributed by atoms with Crippen molar-refractivity contribution >= 4 is 50.7 Å². The second-order valence-corrected chi connectivity index (χ2v) is 11.7. The first-order chi connectivity index (χ1) is 19.8. The summed E-state index contributed by atoms with van der Waals surface area (Å²) >= 11 is 3.67. The highest BCUT2D eigenvalue weighted by Crippen LogP contribution is 2.60. The van der Waals surface area contributed by atoms with Crippen molar-refractivity contribution < 1.29 is 29.0 Å². The Labute approximate surface area is 248 Å². The van der Waals surface area contributed by atoms with Gasteiger partial charge in [0.25, 0.3) is 0 Å². The van der Waals surface area contributed by atoms with Crippen molar-refractivity contribution in [2.45, 2.75) is 49.8 Å². The maximum atomic E-state index is 13.9. The number of benzene rings is 2. The van der Waals surface area contributed by atoms with Gasteiger partial charge in [0.2, 0.25) is 17.7 Å². The van der Waals surface area contributed by atoms with Gasteiger partial charge in [0.1, 0.15) is 17.4 Å². The number of ether oxygens (including phenoxy) is 2. The lowest BCUT2D eigenvalue weighted by Crippen LogP contribution is -2.54. The maximum Gasteiger partial charge on any atom is 0.250 e. The molecular weight excluding hydrogens is 592 g/mol. The second kappa shape index (κ2) is 12.0. The highest BCUT2D eigenvalue weighted by molar-refractivity contribution is 9.09. The number of aliphatic hydroxyl groups excluding tert-OH is 1. The number of halogens is 1. The van der Waals surface area contributed by atoms with Crippen LogP contribution >= 0.6 is 15.9 Å². The van der Waals surface area contributed by atoms with Gasteiger partial charge in [-0.25, -0.2) is 0 Å². The van der Waals surface area contributed by atoms with Crippen molar-refractivity contribution in [3.8, 4) is 5.75 Å². The molecule has 41 heavy (non-hydrogen) atoms. The van der Waals surface area contributed by atoms with E-state index in [0.717, 1.165) is 18.8 Å². The van der Waals surface area contributed by atoms with E-state index < -0.39 is 35.5 Å². The normalized spacial score (nSPS) is 28.0. The van der Waals surface area contributed by atoms with E-state index >= 15 is 0 Å². The smallest absolute Gasteiger partial charge is 0.250 e. The molecule has 2 bridgehead atoms. The Balaban J connectivity index is 1.39. The number of anilines is 3. The number of nitrogens with one attached hydrogen (secondary N) is 2. The van der Waals surface area contributed by atoms with Crippen molar-refractivity contribution in [1.29, 1.82) is 0 Å². The van der Waals surface area contributed by atoms with E-state index in [1.807, 2.05) is 31.2 Å². The summed E-state index contributed by atoms with van der Waals surface area (Å²) in [5.41, 5.74) is 1.01. The molecule has 3 aliphatic rings. The van der Waals surface area contributed by atoms with Gasteiger partial charge in [0.15, 0.2) is 0 Å². The third kappa shape index (κ3) is 5.19. The van der Waals surface area contributed by atoms with Gasteiger partial charge in [0.05, 0.1) is 31.2 Å². The molecule has 3 unspecified atom stereocenters. The van der Waals surface area contributed by atoms with Crippen LogP contribution in [0.5, 0.6) is 5.75 Å². The molecule has 220 valence electrons. The summed E-state index contributed by atoms with van der Waals surface area (Å²) < 4.78 is 12.0. The Bertz CT molecular complexity index is 1270. The number of hydrogen-bond donors (Lipinski definition) is 3. The highest BCUT2D eigenvalue weighted by Gasteiger charge is 2.76. The fraction of sp³-hybridized carbons (Fsp3) is 0.500. The van der Waals surface area contributed by atoms with Crippen molar-refractivity contribution in [1.82, 2.24) is 4.90 Å². The molecule has 10 nitrogen and oxygen atoms in total. The molecule has 3 heterocycles. The SMILES string of the molecule is CCOc1ccc(NC(=O)[C@H]2[C@H]3C(=O)N(CCO)C(C(=O)Nc4ccc(N(CC)CC)cc4)C34CC(Br)[C@@H]2O4)cc1. The van der Waals surface area contributed by atoms with Crippen molar-refractivity contribution in [3.05, 3.63) is 48.5 Å². The van der Waals surface area contributed by atoms with Crippen LogP contribution in [0.25, 0.3) is 0 Å². The fourth-order valence-corrected chi connectivity index (χ4v) is 7.60. The van der Waals surface area contributed by atoms with E-state index in [0.29, 0.717) is 30.2 Å². The van der Waals surface area contributed by atoms with Crippen LogP contribution in [-0.4, -0.2) is 83.2 Å². The summed E-state index contributed by atoms with van der Waals surface area (Å²) in [5, 5.41) is 15.7. The first-order valence-electron chi connectivity index (χ1n) is 14.2. The minimum absolute atomic E-state index is 0.0374. The monoisotopic (exact) mass is 628 g/mol. The molecule has 2 aromatic carbocycles. The van der Waals surface area contributed by atoms with Crippen molar-refractivity contribution in [2.75, 3.05) is 48.4 Å². The number of carbonyl (C=O) groups is 3. The molecule has 3 N–H and O–H groups in total. The van der Waals surface area contributed by atoms with Gasteiger partial charge in [-0.15, -0.1) is 0 Å². The summed E-state index contributed by atoms with van der Waals surface area (Å²) in [7, 11) is 0. The van der Waals surface area contributed by atoms with Gasteiger partial charge in [-0.3, -0.25) is 14.4 Å². The van der Waals surface area contributed by atoms with Crippen LogP contribution < -0.4 is 20.3 Å². The Morgan fingerprint density at radius 3 is 2.24 bits per heavy atom. The number of β-amino-alcohol motifs (C(OH)–C–C–N with tert-alkyl or cyclic N) is 1. The Morgan fingerprint density at radius 1 is 1.05 bits per heavy atom. The van der Waals surface area contributed by atoms with E-state index in [1.54, 1.807) is 24.3 Å². The van der Waals surface area contributed by atoms with Crippen LogP contribution in [0.2, 0.25) is 0 Å². The highest BCUT2D eigenvalue weighted by atomic mass is 79.9.